The zero-order valence-electron chi connectivity index (χ0n) is 9.57. The van der Waals surface area contributed by atoms with Gasteiger partial charge in [0.05, 0.1) is 5.75 Å². The molecule has 2 fully saturated rings. The Morgan fingerprint density at radius 3 is 2.53 bits per heavy atom. The second-order valence-corrected chi connectivity index (χ2v) is 7.19. The van der Waals surface area contributed by atoms with Gasteiger partial charge in [-0.3, -0.25) is 0 Å². The third-order valence-corrected chi connectivity index (χ3v) is 5.67. The molecule has 4 heteroatoms. The normalized spacial score (nSPS) is 37.1. The lowest BCUT2D eigenvalue weighted by atomic mass is 9.84. The molecule has 0 aromatic heterocycles. The molecule has 3 nitrogen and oxygen atoms in total. The van der Waals surface area contributed by atoms with E-state index in [9.17, 15) is 8.42 Å². The van der Waals surface area contributed by atoms with Gasteiger partial charge in [0.25, 0.3) is 0 Å². The number of hydrogen-bond acceptors (Lipinski definition) is 2. The highest BCUT2D eigenvalue weighted by Gasteiger charge is 2.42. The summed E-state index contributed by atoms with van der Waals surface area (Å²) >= 11 is 0. The fourth-order valence-electron chi connectivity index (χ4n) is 3.36. The van der Waals surface area contributed by atoms with Gasteiger partial charge in [-0.05, 0) is 50.9 Å². The van der Waals surface area contributed by atoms with Crippen molar-refractivity contribution in [2.45, 2.75) is 45.6 Å². The fraction of sp³-hybridized carbons (Fsp3) is 1.00. The summed E-state index contributed by atoms with van der Waals surface area (Å²) in [5.41, 5.74) is 0. The van der Waals surface area contributed by atoms with E-state index in [0.717, 1.165) is 11.8 Å². The third kappa shape index (κ3) is 2.36. The van der Waals surface area contributed by atoms with E-state index in [1.807, 2.05) is 6.92 Å². The summed E-state index contributed by atoms with van der Waals surface area (Å²) in [7, 11) is -3.02. The molecular formula is C11H21NO2S. The van der Waals surface area contributed by atoms with Crippen molar-refractivity contribution in [2.75, 3.05) is 5.75 Å². The maximum atomic E-state index is 11.5. The summed E-state index contributed by atoms with van der Waals surface area (Å²) in [6.07, 6.45) is 5.25. The van der Waals surface area contributed by atoms with Crippen LogP contribution in [0.2, 0.25) is 0 Å². The van der Waals surface area contributed by atoms with Crippen LogP contribution in [0.25, 0.3) is 0 Å². The molecule has 0 unspecified atom stereocenters. The van der Waals surface area contributed by atoms with Crippen LogP contribution in [0.3, 0.4) is 0 Å². The first-order valence-corrected chi connectivity index (χ1v) is 7.67. The minimum Gasteiger partial charge on any atom is -0.212 e. The first kappa shape index (κ1) is 11.4. The molecule has 0 aliphatic heterocycles. The smallest absolute Gasteiger partial charge is 0.211 e. The number of nitrogens with one attached hydrogen (secondary N) is 1. The second-order valence-electron chi connectivity index (χ2n) is 5.15. The van der Waals surface area contributed by atoms with Crippen LogP contribution in [0.1, 0.15) is 39.5 Å². The van der Waals surface area contributed by atoms with Crippen LogP contribution >= 0.6 is 0 Å². The second kappa shape index (κ2) is 4.06. The molecule has 0 aromatic rings. The van der Waals surface area contributed by atoms with Gasteiger partial charge in [-0.1, -0.05) is 6.42 Å². The van der Waals surface area contributed by atoms with E-state index in [2.05, 4.69) is 4.72 Å². The molecule has 2 aliphatic rings. The van der Waals surface area contributed by atoms with Gasteiger partial charge in [-0.15, -0.1) is 0 Å². The van der Waals surface area contributed by atoms with Gasteiger partial charge in [-0.2, -0.15) is 0 Å². The summed E-state index contributed by atoms with van der Waals surface area (Å²) in [5, 5.41) is 0. The minimum absolute atomic E-state index is 0.130. The van der Waals surface area contributed by atoms with Crippen LogP contribution in [0.15, 0.2) is 0 Å². The van der Waals surface area contributed by atoms with Gasteiger partial charge in [0.15, 0.2) is 0 Å². The molecule has 2 saturated carbocycles. The molecular weight excluding hydrogens is 210 g/mol. The zero-order chi connectivity index (χ0) is 11.1. The Kier molecular flexibility index (Phi) is 3.08. The summed E-state index contributed by atoms with van der Waals surface area (Å²) in [4.78, 5) is 0. The van der Waals surface area contributed by atoms with Crippen molar-refractivity contribution in [2.24, 2.45) is 17.8 Å². The van der Waals surface area contributed by atoms with Crippen LogP contribution in [0, 0.1) is 17.8 Å². The lowest BCUT2D eigenvalue weighted by Crippen LogP contribution is -2.40. The minimum atomic E-state index is -3.02. The molecule has 2 aliphatic carbocycles. The maximum Gasteiger partial charge on any atom is 0.211 e. The Hall–Kier alpha value is -0.0900. The van der Waals surface area contributed by atoms with Crippen molar-refractivity contribution in [1.82, 2.24) is 4.72 Å². The molecule has 0 saturated heterocycles. The Labute approximate surface area is 92.7 Å². The molecule has 0 spiro atoms. The predicted molar refractivity (Wildman–Crippen MR) is 61.0 cm³/mol. The molecule has 1 N–H and O–H groups in total. The molecule has 0 radical (unpaired) electrons. The average Bonchev–Trinajstić information content (AvgIpc) is 2.78. The van der Waals surface area contributed by atoms with E-state index in [1.165, 1.54) is 25.7 Å². The maximum absolute atomic E-state index is 11.5. The Bertz CT molecular complexity index is 325. The lowest BCUT2D eigenvalue weighted by molar-refractivity contribution is 0.280. The highest BCUT2D eigenvalue weighted by atomic mass is 32.2. The number of sulfonamides is 1. The Morgan fingerprint density at radius 1 is 1.33 bits per heavy atom. The largest absolute Gasteiger partial charge is 0.212 e. The van der Waals surface area contributed by atoms with E-state index in [-0.39, 0.29) is 11.8 Å². The topological polar surface area (TPSA) is 46.2 Å². The van der Waals surface area contributed by atoms with Crippen LogP contribution in [-0.4, -0.2) is 20.2 Å². The van der Waals surface area contributed by atoms with Crippen LogP contribution in [0.4, 0.5) is 0 Å². The van der Waals surface area contributed by atoms with Crippen molar-refractivity contribution >= 4 is 10.0 Å². The van der Waals surface area contributed by atoms with Gasteiger partial charge < -0.3 is 0 Å². The van der Waals surface area contributed by atoms with Crippen LogP contribution < -0.4 is 4.72 Å². The number of hydrogen-bond donors (Lipinski definition) is 1. The summed E-state index contributed by atoms with van der Waals surface area (Å²) in [5.74, 6) is 2.45. The SMILES string of the molecule is CCS(=O)(=O)N[C@@H](C)[C@H]1C[C@H]2CC[C@H]1C2. The monoisotopic (exact) mass is 231 g/mol. The fourth-order valence-corrected chi connectivity index (χ4v) is 4.27. The van der Waals surface area contributed by atoms with Gasteiger partial charge in [0, 0.05) is 6.04 Å². The molecule has 88 valence electrons. The van der Waals surface area contributed by atoms with E-state index >= 15 is 0 Å². The van der Waals surface area contributed by atoms with E-state index in [1.54, 1.807) is 6.92 Å². The standard InChI is InChI=1S/C11H21NO2S/c1-3-15(13,14)12-8(2)11-7-9-4-5-10(11)6-9/h8-12H,3-7H2,1-2H3/t8-,9-,10-,11+/m0/s1. The highest BCUT2D eigenvalue weighted by molar-refractivity contribution is 7.89. The van der Waals surface area contributed by atoms with Crippen molar-refractivity contribution in [3.8, 4) is 0 Å². The van der Waals surface area contributed by atoms with Crippen LogP contribution in [0.5, 0.6) is 0 Å². The van der Waals surface area contributed by atoms with E-state index in [4.69, 9.17) is 0 Å². The van der Waals surface area contributed by atoms with E-state index < -0.39 is 10.0 Å². The van der Waals surface area contributed by atoms with Gasteiger partial charge in [0.2, 0.25) is 10.0 Å². The first-order chi connectivity index (χ1) is 7.02. The van der Waals surface area contributed by atoms with Crippen molar-refractivity contribution in [1.29, 1.82) is 0 Å². The number of rotatable bonds is 4. The molecule has 0 amide bonds. The molecule has 2 rings (SSSR count). The highest BCUT2D eigenvalue weighted by Crippen LogP contribution is 2.49. The van der Waals surface area contributed by atoms with Crippen molar-refractivity contribution < 1.29 is 8.42 Å². The Morgan fingerprint density at radius 2 is 2.07 bits per heavy atom. The van der Waals surface area contributed by atoms with Gasteiger partial charge in [-0.25, -0.2) is 13.1 Å². The zero-order valence-corrected chi connectivity index (χ0v) is 10.4. The third-order valence-electron chi connectivity index (χ3n) is 4.18. The van der Waals surface area contributed by atoms with Crippen molar-refractivity contribution in [3.05, 3.63) is 0 Å². The summed E-state index contributed by atoms with van der Waals surface area (Å²) < 4.78 is 25.7. The first-order valence-electron chi connectivity index (χ1n) is 6.02. The molecule has 0 heterocycles. The van der Waals surface area contributed by atoms with E-state index in [0.29, 0.717) is 5.92 Å². The summed E-state index contributed by atoms with van der Waals surface area (Å²) in [6, 6.07) is 0.130. The molecule has 0 aromatic carbocycles. The van der Waals surface area contributed by atoms with Gasteiger partial charge in [0.1, 0.15) is 0 Å². The predicted octanol–water partition coefficient (Wildman–Crippen LogP) is 1.75. The Balaban J connectivity index is 1.95. The molecule has 2 bridgehead atoms. The molecule has 4 atom stereocenters. The number of fused-ring (bicyclic) bond motifs is 2. The van der Waals surface area contributed by atoms with Crippen molar-refractivity contribution in [3.63, 3.8) is 0 Å². The molecule has 15 heavy (non-hydrogen) atoms. The quantitative estimate of drug-likeness (QED) is 0.801. The average molecular weight is 231 g/mol. The van der Waals surface area contributed by atoms with Crippen LogP contribution in [-0.2, 0) is 10.0 Å². The van der Waals surface area contributed by atoms with Gasteiger partial charge >= 0.3 is 0 Å². The lowest BCUT2D eigenvalue weighted by Gasteiger charge is -2.28. The summed E-state index contributed by atoms with van der Waals surface area (Å²) in [6.45, 7) is 3.72.